The van der Waals surface area contributed by atoms with E-state index in [2.05, 4.69) is 5.32 Å². The lowest BCUT2D eigenvalue weighted by Gasteiger charge is -2.20. The van der Waals surface area contributed by atoms with E-state index >= 15 is 0 Å². The van der Waals surface area contributed by atoms with Gasteiger partial charge in [0.25, 0.3) is 0 Å². The van der Waals surface area contributed by atoms with Crippen molar-refractivity contribution in [2.45, 2.75) is 52.7 Å². The van der Waals surface area contributed by atoms with Crippen LogP contribution in [0, 0.1) is 0 Å². The van der Waals surface area contributed by atoms with Crippen LogP contribution in [-0.2, 0) is 20.7 Å². The maximum absolute atomic E-state index is 12.4. The molecule has 34 heavy (non-hydrogen) atoms. The summed E-state index contributed by atoms with van der Waals surface area (Å²) in [7, 11) is 0. The lowest BCUT2D eigenvalue weighted by Crippen LogP contribution is -2.33. The fourth-order valence-corrected chi connectivity index (χ4v) is 3.10. The third-order valence-corrected chi connectivity index (χ3v) is 4.48. The van der Waals surface area contributed by atoms with Crippen molar-refractivity contribution in [1.82, 2.24) is 5.32 Å². The Morgan fingerprint density at radius 1 is 0.941 bits per heavy atom. The van der Waals surface area contributed by atoms with Crippen molar-refractivity contribution in [3.05, 3.63) is 53.6 Å². The average molecular weight is 474 g/mol. The summed E-state index contributed by atoms with van der Waals surface area (Å²) in [6.07, 6.45) is -0.751. The van der Waals surface area contributed by atoms with Crippen LogP contribution in [0.15, 0.2) is 42.5 Å². The molecule has 1 unspecified atom stereocenters. The van der Waals surface area contributed by atoms with Crippen molar-refractivity contribution in [2.75, 3.05) is 26.3 Å². The van der Waals surface area contributed by atoms with E-state index in [1.165, 1.54) is 0 Å². The van der Waals surface area contributed by atoms with E-state index in [9.17, 15) is 14.7 Å². The predicted molar refractivity (Wildman–Crippen MR) is 128 cm³/mol. The van der Waals surface area contributed by atoms with Gasteiger partial charge in [-0.3, -0.25) is 9.59 Å². The predicted octanol–water partition coefficient (Wildman–Crippen LogP) is 3.60. The molecule has 0 heterocycles. The van der Waals surface area contributed by atoms with Crippen LogP contribution in [0.4, 0.5) is 0 Å². The molecule has 0 aliphatic heterocycles. The highest BCUT2D eigenvalue weighted by molar-refractivity contribution is 5.75. The first-order chi connectivity index (χ1) is 16.1. The highest BCUT2D eigenvalue weighted by Crippen LogP contribution is 2.29. The zero-order valence-electron chi connectivity index (χ0n) is 20.6. The molecule has 8 heteroatoms. The van der Waals surface area contributed by atoms with Crippen molar-refractivity contribution < 1.29 is 33.6 Å². The largest absolute Gasteiger partial charge is 0.490 e. The first kappa shape index (κ1) is 27.1. The molecule has 1 atom stereocenters. The van der Waals surface area contributed by atoms with E-state index in [-0.39, 0.29) is 25.5 Å². The number of aliphatic hydroxyl groups excluding tert-OH is 1. The summed E-state index contributed by atoms with van der Waals surface area (Å²) in [6.45, 7) is 10.4. The standard InChI is InChI=1S/C26H35NO7/c1-6-31-22-13-8-18(14-23(22)32-7-2)15-24(29)33-20-11-9-19(10-12-20)21(28)16-27-17-25(30)34-26(3,4)5/h8-14,21,27-28H,6-7,15-17H2,1-5H3. The molecular formula is C26H35NO7. The van der Waals surface area contributed by atoms with Gasteiger partial charge in [-0.25, -0.2) is 0 Å². The third-order valence-electron chi connectivity index (χ3n) is 4.48. The van der Waals surface area contributed by atoms with Crippen molar-refractivity contribution in [3.63, 3.8) is 0 Å². The summed E-state index contributed by atoms with van der Waals surface area (Å²) < 4.78 is 21.8. The Hall–Kier alpha value is -3.10. The molecule has 0 fully saturated rings. The second-order valence-corrected chi connectivity index (χ2v) is 8.60. The van der Waals surface area contributed by atoms with Gasteiger partial charge in [0.1, 0.15) is 11.4 Å². The number of esters is 2. The smallest absolute Gasteiger partial charge is 0.320 e. The molecule has 0 aromatic heterocycles. The fraction of sp³-hybridized carbons (Fsp3) is 0.462. The summed E-state index contributed by atoms with van der Waals surface area (Å²) in [5, 5.41) is 13.2. The topological polar surface area (TPSA) is 103 Å². The summed E-state index contributed by atoms with van der Waals surface area (Å²) in [6, 6.07) is 11.9. The molecule has 0 aliphatic rings. The molecule has 0 radical (unpaired) electrons. The number of aliphatic hydroxyl groups is 1. The molecule has 8 nitrogen and oxygen atoms in total. The summed E-state index contributed by atoms with van der Waals surface area (Å²) in [5.74, 6) is 0.796. The number of benzene rings is 2. The van der Waals surface area contributed by atoms with Gasteiger partial charge in [0.05, 0.1) is 32.3 Å². The zero-order chi connectivity index (χ0) is 25.1. The Labute approximate surface area is 201 Å². The highest BCUT2D eigenvalue weighted by Gasteiger charge is 2.17. The van der Waals surface area contributed by atoms with Gasteiger partial charge < -0.3 is 29.4 Å². The molecule has 0 bridgehead atoms. The molecule has 0 saturated heterocycles. The van der Waals surface area contributed by atoms with E-state index in [0.717, 1.165) is 5.56 Å². The highest BCUT2D eigenvalue weighted by atomic mass is 16.6. The van der Waals surface area contributed by atoms with E-state index in [1.54, 1.807) is 63.2 Å². The van der Waals surface area contributed by atoms with Crippen molar-refractivity contribution in [3.8, 4) is 17.2 Å². The quantitative estimate of drug-likeness (QED) is 0.356. The van der Waals surface area contributed by atoms with Crippen LogP contribution in [0.25, 0.3) is 0 Å². The third kappa shape index (κ3) is 9.41. The van der Waals surface area contributed by atoms with Crippen molar-refractivity contribution in [2.24, 2.45) is 0 Å². The average Bonchev–Trinajstić information content (AvgIpc) is 2.75. The molecule has 186 valence electrons. The van der Waals surface area contributed by atoms with Crippen molar-refractivity contribution in [1.29, 1.82) is 0 Å². The van der Waals surface area contributed by atoms with Gasteiger partial charge in [-0.1, -0.05) is 18.2 Å². The Kier molecular flexibility index (Phi) is 10.3. The van der Waals surface area contributed by atoms with Gasteiger partial charge in [-0.2, -0.15) is 0 Å². The van der Waals surface area contributed by atoms with Crippen LogP contribution in [0.3, 0.4) is 0 Å². The number of ether oxygens (including phenoxy) is 4. The molecule has 0 saturated carbocycles. The van der Waals surface area contributed by atoms with Crippen molar-refractivity contribution >= 4 is 11.9 Å². The number of hydrogen-bond acceptors (Lipinski definition) is 8. The Morgan fingerprint density at radius 2 is 1.59 bits per heavy atom. The molecule has 2 rings (SSSR count). The van der Waals surface area contributed by atoms with Crippen LogP contribution >= 0.6 is 0 Å². The molecule has 0 amide bonds. The normalized spacial score (nSPS) is 12.1. The number of nitrogens with one attached hydrogen (secondary N) is 1. The second-order valence-electron chi connectivity index (χ2n) is 8.60. The first-order valence-corrected chi connectivity index (χ1v) is 11.4. The SMILES string of the molecule is CCOc1ccc(CC(=O)Oc2ccc(C(O)CNCC(=O)OC(C)(C)C)cc2)cc1OCC. The first-order valence-electron chi connectivity index (χ1n) is 11.4. The van der Waals surface area contributed by atoms with Gasteiger partial charge in [0.2, 0.25) is 0 Å². The summed E-state index contributed by atoms with van der Waals surface area (Å²) >= 11 is 0. The molecule has 2 aromatic carbocycles. The van der Waals surface area contributed by atoms with Gasteiger partial charge >= 0.3 is 11.9 Å². The summed E-state index contributed by atoms with van der Waals surface area (Å²) in [4.78, 5) is 24.1. The van der Waals surface area contributed by atoms with Crippen LogP contribution in [-0.4, -0.2) is 48.9 Å². The van der Waals surface area contributed by atoms with E-state index in [4.69, 9.17) is 18.9 Å². The van der Waals surface area contributed by atoms with Gasteiger partial charge in [0.15, 0.2) is 11.5 Å². The lowest BCUT2D eigenvalue weighted by molar-refractivity contribution is -0.153. The van der Waals surface area contributed by atoms with Crippen LogP contribution in [0.5, 0.6) is 17.2 Å². The van der Waals surface area contributed by atoms with Gasteiger partial charge in [-0.05, 0) is 70.0 Å². The van der Waals surface area contributed by atoms with E-state index in [0.29, 0.717) is 36.0 Å². The maximum atomic E-state index is 12.4. The number of carbonyl (C=O) groups is 2. The van der Waals surface area contributed by atoms with Crippen LogP contribution in [0.2, 0.25) is 0 Å². The monoisotopic (exact) mass is 473 g/mol. The minimum absolute atomic E-state index is 0.000581. The summed E-state index contributed by atoms with van der Waals surface area (Å²) in [5.41, 5.74) is 0.827. The minimum atomic E-state index is -0.826. The molecule has 0 aliphatic carbocycles. The molecular weight excluding hydrogens is 438 g/mol. The Balaban J connectivity index is 1.86. The number of carbonyl (C=O) groups excluding carboxylic acids is 2. The molecule has 2 N–H and O–H groups in total. The van der Waals surface area contributed by atoms with E-state index in [1.807, 2.05) is 13.8 Å². The van der Waals surface area contributed by atoms with Crippen LogP contribution in [0.1, 0.15) is 51.8 Å². The number of rotatable bonds is 12. The minimum Gasteiger partial charge on any atom is -0.490 e. The van der Waals surface area contributed by atoms with Gasteiger partial charge in [-0.15, -0.1) is 0 Å². The lowest BCUT2D eigenvalue weighted by atomic mass is 10.1. The fourth-order valence-electron chi connectivity index (χ4n) is 3.10. The second kappa shape index (κ2) is 13.0. The molecule has 0 spiro atoms. The zero-order valence-corrected chi connectivity index (χ0v) is 20.6. The van der Waals surface area contributed by atoms with Crippen LogP contribution < -0.4 is 19.5 Å². The Morgan fingerprint density at radius 3 is 2.21 bits per heavy atom. The van der Waals surface area contributed by atoms with Gasteiger partial charge in [0, 0.05) is 6.54 Å². The van der Waals surface area contributed by atoms with E-state index < -0.39 is 17.7 Å². The molecule has 2 aromatic rings. The number of hydrogen-bond donors (Lipinski definition) is 2. The Bertz CT molecular complexity index is 935. The maximum Gasteiger partial charge on any atom is 0.320 e.